The van der Waals surface area contributed by atoms with Gasteiger partial charge >= 0.3 is 0 Å². The Bertz CT molecular complexity index is 314. The minimum atomic E-state index is 0.575. The average Bonchev–Trinajstić information content (AvgIpc) is 2.71. The van der Waals surface area contributed by atoms with Gasteiger partial charge < -0.3 is 0 Å². The van der Waals surface area contributed by atoms with Crippen LogP contribution in [0.1, 0.15) is 26.1 Å². The molecule has 2 rings (SSSR count). The number of rotatable bonds is 2. The van der Waals surface area contributed by atoms with Gasteiger partial charge in [0.05, 0.1) is 0 Å². The van der Waals surface area contributed by atoms with Crippen molar-refractivity contribution in [2.75, 3.05) is 13.1 Å². The quantitative estimate of drug-likeness (QED) is 0.751. The first-order chi connectivity index (χ1) is 6.77. The number of aromatic nitrogens is 4. The Labute approximate surface area is 83.2 Å². The van der Waals surface area contributed by atoms with Gasteiger partial charge in [-0.1, -0.05) is 6.08 Å². The number of nitrogens with one attached hydrogen (secondary N) is 1. The molecule has 0 atom stereocenters. The molecule has 0 aromatic carbocycles. The third-order valence-electron chi connectivity index (χ3n) is 2.54. The van der Waals surface area contributed by atoms with Gasteiger partial charge in [-0.3, -0.25) is 4.90 Å². The lowest BCUT2D eigenvalue weighted by atomic mass is 10.1. The molecule has 0 fully saturated rings. The Kier molecular flexibility index (Phi) is 2.58. The standard InChI is InChI=1S/C9H15N5/c1-7(2)14-5-3-4-8(6-14)9-10-12-13-11-9/h4,7H,3,5-6H2,1-2H3,(H,10,11,12,13). The molecule has 0 unspecified atom stereocenters. The highest BCUT2D eigenvalue weighted by Gasteiger charge is 2.18. The molecule has 0 radical (unpaired) electrons. The van der Waals surface area contributed by atoms with Gasteiger partial charge in [-0.2, -0.15) is 5.21 Å². The number of tetrazole rings is 1. The van der Waals surface area contributed by atoms with Crippen LogP contribution in [0.2, 0.25) is 0 Å². The van der Waals surface area contributed by atoms with Crippen molar-refractivity contribution in [1.82, 2.24) is 25.5 Å². The molecule has 5 nitrogen and oxygen atoms in total. The summed E-state index contributed by atoms with van der Waals surface area (Å²) in [6, 6.07) is 0.575. The maximum Gasteiger partial charge on any atom is 0.201 e. The number of nitrogens with zero attached hydrogens (tertiary/aromatic N) is 4. The molecule has 14 heavy (non-hydrogen) atoms. The summed E-state index contributed by atoms with van der Waals surface area (Å²) in [6.07, 6.45) is 3.27. The zero-order chi connectivity index (χ0) is 9.97. The predicted octanol–water partition coefficient (Wildman–Crippen LogP) is 0.697. The molecule has 2 heterocycles. The first-order valence-corrected chi connectivity index (χ1v) is 4.94. The maximum atomic E-state index is 3.99. The molecule has 0 aliphatic carbocycles. The summed E-state index contributed by atoms with van der Waals surface area (Å²) >= 11 is 0. The highest BCUT2D eigenvalue weighted by molar-refractivity contribution is 5.61. The minimum Gasteiger partial charge on any atom is -0.296 e. The summed E-state index contributed by atoms with van der Waals surface area (Å²) in [4.78, 5) is 2.41. The van der Waals surface area contributed by atoms with Gasteiger partial charge in [0.15, 0.2) is 0 Å². The molecule has 0 saturated carbocycles. The Hall–Kier alpha value is -1.23. The Balaban J connectivity index is 2.11. The predicted molar refractivity (Wildman–Crippen MR) is 53.5 cm³/mol. The van der Waals surface area contributed by atoms with Crippen molar-refractivity contribution >= 4 is 5.57 Å². The van der Waals surface area contributed by atoms with Gasteiger partial charge in [-0.25, -0.2) is 0 Å². The van der Waals surface area contributed by atoms with Gasteiger partial charge in [0, 0.05) is 24.7 Å². The van der Waals surface area contributed by atoms with E-state index in [-0.39, 0.29) is 0 Å². The van der Waals surface area contributed by atoms with E-state index in [1.165, 1.54) is 5.57 Å². The van der Waals surface area contributed by atoms with Crippen LogP contribution in [-0.2, 0) is 0 Å². The lowest BCUT2D eigenvalue weighted by molar-refractivity contribution is 0.247. The molecular weight excluding hydrogens is 178 g/mol. The molecule has 1 aliphatic rings. The van der Waals surface area contributed by atoms with Crippen molar-refractivity contribution in [2.45, 2.75) is 26.3 Å². The van der Waals surface area contributed by atoms with Crippen molar-refractivity contribution in [2.24, 2.45) is 0 Å². The highest BCUT2D eigenvalue weighted by Crippen LogP contribution is 2.18. The molecule has 0 bridgehead atoms. The van der Waals surface area contributed by atoms with Crippen molar-refractivity contribution in [3.63, 3.8) is 0 Å². The van der Waals surface area contributed by atoms with Crippen molar-refractivity contribution < 1.29 is 0 Å². The Morgan fingerprint density at radius 3 is 3.00 bits per heavy atom. The van der Waals surface area contributed by atoms with Crippen LogP contribution in [0.3, 0.4) is 0 Å². The topological polar surface area (TPSA) is 57.7 Å². The Morgan fingerprint density at radius 1 is 1.50 bits per heavy atom. The van der Waals surface area contributed by atoms with Gasteiger partial charge in [0.2, 0.25) is 5.82 Å². The van der Waals surface area contributed by atoms with Gasteiger partial charge in [-0.05, 0) is 25.5 Å². The first kappa shape index (κ1) is 9.33. The summed E-state index contributed by atoms with van der Waals surface area (Å²) in [5.74, 6) is 0.732. The average molecular weight is 193 g/mol. The fourth-order valence-corrected chi connectivity index (χ4v) is 1.67. The molecule has 1 N–H and O–H groups in total. The normalized spacial score (nSPS) is 18.6. The summed E-state index contributed by atoms with van der Waals surface area (Å²) in [5, 5.41) is 14.0. The lowest BCUT2D eigenvalue weighted by Gasteiger charge is -2.29. The fraction of sp³-hybridized carbons (Fsp3) is 0.667. The largest absolute Gasteiger partial charge is 0.296 e. The van der Waals surface area contributed by atoms with Gasteiger partial charge in [0.1, 0.15) is 0 Å². The number of aromatic amines is 1. The zero-order valence-corrected chi connectivity index (χ0v) is 8.56. The highest BCUT2D eigenvalue weighted by atomic mass is 15.5. The summed E-state index contributed by atoms with van der Waals surface area (Å²) in [5.41, 5.74) is 1.18. The number of hydrogen-bond donors (Lipinski definition) is 1. The summed E-state index contributed by atoms with van der Waals surface area (Å²) < 4.78 is 0. The van der Waals surface area contributed by atoms with Crippen molar-refractivity contribution in [3.05, 3.63) is 11.9 Å². The van der Waals surface area contributed by atoms with E-state index >= 15 is 0 Å². The van der Waals surface area contributed by atoms with Gasteiger partial charge in [-0.15, -0.1) is 10.2 Å². The first-order valence-electron chi connectivity index (χ1n) is 4.94. The molecular formula is C9H15N5. The second-order valence-electron chi connectivity index (χ2n) is 3.82. The van der Waals surface area contributed by atoms with E-state index in [1.54, 1.807) is 0 Å². The van der Waals surface area contributed by atoms with E-state index in [1.807, 2.05) is 0 Å². The fourth-order valence-electron chi connectivity index (χ4n) is 1.67. The molecule has 0 saturated heterocycles. The summed E-state index contributed by atoms with van der Waals surface area (Å²) in [6.45, 7) is 6.47. The van der Waals surface area contributed by atoms with E-state index in [9.17, 15) is 0 Å². The van der Waals surface area contributed by atoms with Crippen molar-refractivity contribution in [3.8, 4) is 0 Å². The van der Waals surface area contributed by atoms with Crippen LogP contribution in [0.15, 0.2) is 6.08 Å². The molecule has 1 aromatic rings. The van der Waals surface area contributed by atoms with E-state index in [2.05, 4.69) is 45.4 Å². The molecule has 5 heteroatoms. The lowest BCUT2D eigenvalue weighted by Crippen LogP contribution is -2.35. The van der Waals surface area contributed by atoms with Crippen LogP contribution in [-0.4, -0.2) is 44.7 Å². The van der Waals surface area contributed by atoms with E-state index < -0.39 is 0 Å². The van der Waals surface area contributed by atoms with Crippen LogP contribution in [0.25, 0.3) is 5.57 Å². The smallest absolute Gasteiger partial charge is 0.201 e. The Morgan fingerprint density at radius 2 is 2.36 bits per heavy atom. The van der Waals surface area contributed by atoms with Crippen LogP contribution >= 0.6 is 0 Å². The molecule has 0 amide bonds. The SMILES string of the molecule is CC(C)N1CCC=C(c2nn[nH]n2)C1. The third kappa shape index (κ3) is 1.82. The van der Waals surface area contributed by atoms with Crippen LogP contribution in [0.4, 0.5) is 0 Å². The van der Waals surface area contributed by atoms with Crippen LogP contribution in [0, 0.1) is 0 Å². The molecule has 1 aliphatic heterocycles. The zero-order valence-electron chi connectivity index (χ0n) is 8.56. The summed E-state index contributed by atoms with van der Waals surface area (Å²) in [7, 11) is 0. The molecule has 76 valence electrons. The van der Waals surface area contributed by atoms with E-state index in [4.69, 9.17) is 0 Å². The number of H-pyrrole nitrogens is 1. The maximum absolute atomic E-state index is 3.99. The van der Waals surface area contributed by atoms with Crippen LogP contribution in [0.5, 0.6) is 0 Å². The number of hydrogen-bond acceptors (Lipinski definition) is 4. The van der Waals surface area contributed by atoms with E-state index in [0.29, 0.717) is 6.04 Å². The monoisotopic (exact) mass is 193 g/mol. The van der Waals surface area contributed by atoms with Crippen LogP contribution < -0.4 is 0 Å². The molecule has 0 spiro atoms. The van der Waals surface area contributed by atoms with E-state index in [0.717, 1.165) is 25.3 Å². The van der Waals surface area contributed by atoms with Gasteiger partial charge in [0.25, 0.3) is 0 Å². The molecule has 1 aromatic heterocycles. The third-order valence-corrected chi connectivity index (χ3v) is 2.54. The van der Waals surface area contributed by atoms with Crippen molar-refractivity contribution in [1.29, 1.82) is 0 Å². The second-order valence-corrected chi connectivity index (χ2v) is 3.82. The second kappa shape index (κ2) is 3.88. The minimum absolute atomic E-state index is 0.575.